The molecule has 6 heteroatoms. The van der Waals surface area contributed by atoms with E-state index in [0.717, 1.165) is 0 Å². The fourth-order valence-electron chi connectivity index (χ4n) is 4.06. The summed E-state index contributed by atoms with van der Waals surface area (Å²) in [7, 11) is 0. The Balaban J connectivity index is 1.78. The van der Waals surface area contributed by atoms with Crippen LogP contribution in [0.3, 0.4) is 0 Å². The molecule has 0 bridgehead atoms. The van der Waals surface area contributed by atoms with Gasteiger partial charge in [-0.25, -0.2) is 0 Å². The van der Waals surface area contributed by atoms with Gasteiger partial charge < -0.3 is 24.1 Å². The molecule has 1 N–H and O–H groups in total. The van der Waals surface area contributed by atoms with E-state index in [9.17, 15) is 9.90 Å². The summed E-state index contributed by atoms with van der Waals surface area (Å²) < 4.78 is 23.6. The summed E-state index contributed by atoms with van der Waals surface area (Å²) in [6.45, 7) is 13.3. The molecular formula is C27H28O6. The third kappa shape index (κ3) is 3.91. The summed E-state index contributed by atoms with van der Waals surface area (Å²) >= 11 is 0. The zero-order valence-electron chi connectivity index (χ0n) is 19.1. The number of rotatable bonds is 7. The Kier molecular flexibility index (Phi) is 5.80. The van der Waals surface area contributed by atoms with Crippen LogP contribution in [0.5, 0.6) is 23.0 Å². The predicted molar refractivity (Wildman–Crippen MR) is 126 cm³/mol. The molecule has 1 unspecified atom stereocenters. The molecule has 0 amide bonds. The van der Waals surface area contributed by atoms with E-state index in [2.05, 4.69) is 13.2 Å². The molecule has 0 saturated heterocycles. The van der Waals surface area contributed by atoms with Gasteiger partial charge in [0.2, 0.25) is 5.78 Å². The summed E-state index contributed by atoms with van der Waals surface area (Å²) in [5.41, 5.74) is -0.436. The van der Waals surface area contributed by atoms with Crippen molar-refractivity contribution in [3.8, 4) is 23.0 Å². The molecule has 0 spiro atoms. The topological polar surface area (TPSA) is 74.2 Å². The van der Waals surface area contributed by atoms with E-state index < -0.39 is 17.0 Å². The van der Waals surface area contributed by atoms with Gasteiger partial charge in [0, 0.05) is 11.1 Å². The summed E-state index contributed by atoms with van der Waals surface area (Å²) in [6, 6.07) is 6.72. The second-order valence-electron chi connectivity index (χ2n) is 8.64. The number of fused-ring (bicyclic) bond motifs is 3. The van der Waals surface area contributed by atoms with Gasteiger partial charge in [0.15, 0.2) is 5.60 Å². The number of hydrogen-bond donors (Lipinski definition) is 1. The largest absolute Gasteiger partial charge is 0.489 e. The molecule has 0 radical (unpaired) electrons. The van der Waals surface area contributed by atoms with Crippen molar-refractivity contribution in [1.29, 1.82) is 0 Å². The Morgan fingerprint density at radius 3 is 2.58 bits per heavy atom. The Hall–Kier alpha value is -3.51. The number of carbonyl (C=O) groups is 1. The van der Waals surface area contributed by atoms with Crippen molar-refractivity contribution in [2.45, 2.75) is 32.0 Å². The van der Waals surface area contributed by atoms with E-state index in [0.29, 0.717) is 46.3 Å². The van der Waals surface area contributed by atoms with Crippen LogP contribution in [-0.2, 0) is 5.60 Å². The van der Waals surface area contributed by atoms with Crippen LogP contribution < -0.4 is 18.9 Å². The highest BCUT2D eigenvalue weighted by molar-refractivity contribution is 6.07. The predicted octanol–water partition coefficient (Wildman–Crippen LogP) is 4.77. The number of benzene rings is 2. The molecule has 2 heterocycles. The van der Waals surface area contributed by atoms with Crippen LogP contribution in [0.1, 0.15) is 40.9 Å². The first-order valence-corrected chi connectivity index (χ1v) is 10.8. The van der Waals surface area contributed by atoms with Crippen molar-refractivity contribution < 1.29 is 28.8 Å². The zero-order valence-corrected chi connectivity index (χ0v) is 19.1. The van der Waals surface area contributed by atoms with Crippen molar-refractivity contribution in [1.82, 2.24) is 0 Å². The highest BCUT2D eigenvalue weighted by Gasteiger charge is 2.47. The molecule has 172 valence electrons. The molecule has 0 aromatic heterocycles. The lowest BCUT2D eigenvalue weighted by Crippen LogP contribution is -2.45. The van der Waals surface area contributed by atoms with Gasteiger partial charge in [0.05, 0.1) is 11.1 Å². The number of hydrogen-bond acceptors (Lipinski definition) is 6. The highest BCUT2D eigenvalue weighted by atomic mass is 16.5. The molecule has 1 atom stereocenters. The first-order valence-electron chi connectivity index (χ1n) is 10.8. The van der Waals surface area contributed by atoms with Crippen LogP contribution in [0.2, 0.25) is 0 Å². The molecule has 33 heavy (non-hydrogen) atoms. The SMILES string of the molecule is C=CCOc1ccc(C2(O)COc3c(ccc4c3C=CC(C)(C)O4)C2=O)c(OCC=C)c1C. The average Bonchev–Trinajstić information content (AvgIpc) is 2.78. The van der Waals surface area contributed by atoms with E-state index in [-0.39, 0.29) is 18.8 Å². The van der Waals surface area contributed by atoms with Gasteiger partial charge in [-0.3, -0.25) is 4.79 Å². The number of carbonyl (C=O) groups excluding carboxylic acids is 1. The van der Waals surface area contributed by atoms with Gasteiger partial charge in [-0.2, -0.15) is 0 Å². The Morgan fingerprint density at radius 1 is 1.12 bits per heavy atom. The highest BCUT2D eigenvalue weighted by Crippen LogP contribution is 2.46. The second kappa shape index (κ2) is 8.45. The standard InChI is InChI=1S/C27H28O6/c1-6-14-30-21-11-9-20(23(17(21)3)31-15-7-2)27(29)16-32-24-18-12-13-26(4,5)33-22(18)10-8-19(24)25(27)28/h6-13,29H,1-2,14-16H2,3-5H3. The van der Waals surface area contributed by atoms with Crippen molar-refractivity contribution in [2.24, 2.45) is 0 Å². The van der Waals surface area contributed by atoms with Crippen molar-refractivity contribution in [3.05, 3.63) is 77.9 Å². The van der Waals surface area contributed by atoms with Gasteiger partial charge >= 0.3 is 0 Å². The molecule has 2 aromatic rings. The molecule has 2 aliphatic rings. The molecule has 2 aromatic carbocycles. The molecular weight excluding hydrogens is 420 g/mol. The van der Waals surface area contributed by atoms with Crippen LogP contribution in [0, 0.1) is 6.92 Å². The molecule has 4 rings (SSSR count). The first kappa shape index (κ1) is 22.7. The number of aliphatic hydroxyl groups is 1. The Morgan fingerprint density at radius 2 is 1.85 bits per heavy atom. The van der Waals surface area contributed by atoms with Crippen LogP contribution in [0.15, 0.2) is 55.7 Å². The van der Waals surface area contributed by atoms with Gasteiger partial charge in [-0.1, -0.05) is 25.3 Å². The minimum absolute atomic E-state index is 0.200. The average molecular weight is 449 g/mol. The van der Waals surface area contributed by atoms with Gasteiger partial charge in [-0.05, 0) is 57.2 Å². The maximum Gasteiger partial charge on any atom is 0.206 e. The van der Waals surface area contributed by atoms with Gasteiger partial charge in [-0.15, -0.1) is 0 Å². The summed E-state index contributed by atoms with van der Waals surface area (Å²) in [5.74, 6) is 1.51. The second-order valence-corrected chi connectivity index (χ2v) is 8.64. The third-order valence-electron chi connectivity index (χ3n) is 5.73. The van der Waals surface area contributed by atoms with Crippen LogP contribution in [-0.4, -0.2) is 36.3 Å². The fraction of sp³-hybridized carbons (Fsp3) is 0.296. The van der Waals surface area contributed by atoms with Gasteiger partial charge in [0.1, 0.15) is 48.4 Å². The van der Waals surface area contributed by atoms with E-state index in [1.807, 2.05) is 32.9 Å². The lowest BCUT2D eigenvalue weighted by Gasteiger charge is -2.36. The lowest BCUT2D eigenvalue weighted by atomic mass is 9.82. The van der Waals surface area contributed by atoms with Crippen molar-refractivity contribution in [3.63, 3.8) is 0 Å². The third-order valence-corrected chi connectivity index (χ3v) is 5.73. The summed E-state index contributed by atoms with van der Waals surface area (Å²) in [4.78, 5) is 13.6. The van der Waals surface area contributed by atoms with Crippen LogP contribution in [0.25, 0.3) is 6.08 Å². The zero-order chi connectivity index (χ0) is 23.8. The maximum absolute atomic E-state index is 13.6. The van der Waals surface area contributed by atoms with E-state index in [4.69, 9.17) is 18.9 Å². The molecule has 0 fully saturated rings. The number of ketones is 1. The van der Waals surface area contributed by atoms with Crippen LogP contribution in [0.4, 0.5) is 0 Å². The Labute approximate surface area is 193 Å². The van der Waals surface area contributed by atoms with Crippen molar-refractivity contribution >= 4 is 11.9 Å². The van der Waals surface area contributed by atoms with Gasteiger partial charge in [0.25, 0.3) is 0 Å². The van der Waals surface area contributed by atoms with E-state index >= 15 is 0 Å². The molecule has 2 aliphatic heterocycles. The maximum atomic E-state index is 13.6. The molecule has 0 aliphatic carbocycles. The quantitative estimate of drug-likeness (QED) is 0.615. The normalized spacial score (nSPS) is 20.1. The fourth-order valence-corrected chi connectivity index (χ4v) is 4.06. The summed E-state index contributed by atoms with van der Waals surface area (Å²) in [5, 5.41) is 11.6. The van der Waals surface area contributed by atoms with Crippen LogP contribution >= 0.6 is 0 Å². The number of Topliss-reactive ketones (excluding diaryl/α,β-unsaturated/α-hetero) is 1. The monoisotopic (exact) mass is 448 g/mol. The molecule has 6 nitrogen and oxygen atoms in total. The minimum Gasteiger partial charge on any atom is -0.489 e. The molecule has 0 saturated carbocycles. The lowest BCUT2D eigenvalue weighted by molar-refractivity contribution is -0.00674. The minimum atomic E-state index is -1.93. The summed E-state index contributed by atoms with van der Waals surface area (Å²) in [6.07, 6.45) is 7.04. The van der Waals surface area contributed by atoms with E-state index in [1.54, 1.807) is 36.4 Å². The van der Waals surface area contributed by atoms with Crippen molar-refractivity contribution in [2.75, 3.05) is 19.8 Å². The smallest absolute Gasteiger partial charge is 0.206 e. The Bertz CT molecular complexity index is 1160. The van der Waals surface area contributed by atoms with E-state index in [1.165, 1.54) is 0 Å². The first-order chi connectivity index (χ1) is 15.7. The number of ether oxygens (including phenoxy) is 4.